The number of rotatable bonds is 7. The molecule has 3 aromatic rings. The lowest BCUT2D eigenvalue weighted by molar-refractivity contribution is -0.116. The summed E-state index contributed by atoms with van der Waals surface area (Å²) in [6.07, 6.45) is 3.39. The van der Waals surface area contributed by atoms with E-state index in [1.54, 1.807) is 12.3 Å². The van der Waals surface area contributed by atoms with Crippen molar-refractivity contribution in [2.45, 2.75) is 27.7 Å². The number of carbonyl (C=O) groups excluding carboxylic acids is 1. The first-order valence-corrected chi connectivity index (χ1v) is 10.6. The maximum absolute atomic E-state index is 12.3. The van der Waals surface area contributed by atoms with E-state index in [0.717, 1.165) is 37.7 Å². The SMILES string of the molecule is CCOc1cc2occ(-c3cccc(Br)c3)c2cc1/C(C)=C/C(=O)NCC(C)C. The van der Waals surface area contributed by atoms with Gasteiger partial charge in [-0.2, -0.15) is 0 Å². The molecule has 0 aliphatic heterocycles. The summed E-state index contributed by atoms with van der Waals surface area (Å²) in [5.74, 6) is 1.01. The Balaban J connectivity index is 2.06. The molecule has 0 aliphatic carbocycles. The minimum atomic E-state index is -0.0989. The average molecular weight is 456 g/mol. The first-order valence-electron chi connectivity index (χ1n) is 9.79. The lowest BCUT2D eigenvalue weighted by Crippen LogP contribution is -2.25. The number of nitrogens with one attached hydrogen (secondary N) is 1. The first-order chi connectivity index (χ1) is 13.9. The fraction of sp³-hybridized carbons (Fsp3) is 0.292. The molecule has 4 nitrogen and oxygen atoms in total. The molecule has 2 aromatic carbocycles. The Morgan fingerprint density at radius 2 is 2.07 bits per heavy atom. The molecule has 0 spiro atoms. The fourth-order valence-corrected chi connectivity index (χ4v) is 3.55. The van der Waals surface area contributed by atoms with Gasteiger partial charge in [0.05, 0.1) is 12.9 Å². The molecule has 5 heteroatoms. The van der Waals surface area contributed by atoms with Crippen LogP contribution in [0.15, 0.2) is 57.6 Å². The molecule has 0 radical (unpaired) electrons. The van der Waals surface area contributed by atoms with Crippen molar-refractivity contribution < 1.29 is 13.9 Å². The molecule has 3 rings (SSSR count). The number of halogens is 1. The summed E-state index contributed by atoms with van der Waals surface area (Å²) in [7, 11) is 0. The van der Waals surface area contributed by atoms with E-state index in [1.165, 1.54) is 0 Å². The second kappa shape index (κ2) is 9.31. The standard InChI is InChI=1S/C24H26BrNO3/c1-5-28-22-12-23-20(21(14-29-23)17-7-6-8-18(25)10-17)11-19(22)16(4)9-24(27)26-13-15(2)3/h6-12,14-15H,5,13H2,1-4H3,(H,26,27)/b16-9+. The Morgan fingerprint density at radius 3 is 2.76 bits per heavy atom. The highest BCUT2D eigenvalue weighted by atomic mass is 79.9. The first kappa shape index (κ1) is 21.2. The largest absolute Gasteiger partial charge is 0.493 e. The van der Waals surface area contributed by atoms with Crippen LogP contribution < -0.4 is 10.1 Å². The molecule has 152 valence electrons. The Kier molecular flexibility index (Phi) is 6.80. The Morgan fingerprint density at radius 1 is 1.28 bits per heavy atom. The van der Waals surface area contributed by atoms with Crippen molar-refractivity contribution in [3.63, 3.8) is 0 Å². The summed E-state index contributed by atoms with van der Waals surface area (Å²) in [4.78, 5) is 12.3. The number of amides is 1. The summed E-state index contributed by atoms with van der Waals surface area (Å²) in [6, 6.07) is 12.0. The van der Waals surface area contributed by atoms with Crippen molar-refractivity contribution in [2.24, 2.45) is 5.92 Å². The topological polar surface area (TPSA) is 51.5 Å². The quantitative estimate of drug-likeness (QED) is 0.417. The van der Waals surface area contributed by atoms with Crippen molar-refractivity contribution in [1.29, 1.82) is 0 Å². The summed E-state index contributed by atoms with van der Waals surface area (Å²) >= 11 is 3.53. The predicted molar refractivity (Wildman–Crippen MR) is 122 cm³/mol. The molecule has 0 bridgehead atoms. The van der Waals surface area contributed by atoms with E-state index in [2.05, 4.69) is 41.2 Å². The van der Waals surface area contributed by atoms with E-state index in [-0.39, 0.29) is 5.91 Å². The van der Waals surface area contributed by atoms with Crippen LogP contribution in [0.25, 0.3) is 27.7 Å². The van der Waals surface area contributed by atoms with Gasteiger partial charge in [0.15, 0.2) is 0 Å². The molecule has 0 saturated carbocycles. The molecule has 1 N–H and O–H groups in total. The van der Waals surface area contributed by atoms with Gasteiger partial charge in [0.1, 0.15) is 11.3 Å². The summed E-state index contributed by atoms with van der Waals surface area (Å²) in [6.45, 7) is 9.19. The molecule has 0 fully saturated rings. The zero-order chi connectivity index (χ0) is 21.0. The van der Waals surface area contributed by atoms with Gasteiger partial charge in [-0.1, -0.05) is 41.9 Å². The monoisotopic (exact) mass is 455 g/mol. The molecule has 1 amide bonds. The van der Waals surface area contributed by atoms with Crippen molar-refractivity contribution in [3.05, 3.63) is 58.8 Å². The van der Waals surface area contributed by atoms with Crippen molar-refractivity contribution >= 4 is 38.4 Å². The van der Waals surface area contributed by atoms with Gasteiger partial charge in [0, 0.05) is 39.7 Å². The molecule has 0 unspecified atom stereocenters. The van der Waals surface area contributed by atoms with Gasteiger partial charge in [-0.05, 0) is 49.1 Å². The van der Waals surface area contributed by atoms with Crippen LogP contribution in [0.4, 0.5) is 0 Å². The maximum atomic E-state index is 12.3. The number of hydrogen-bond donors (Lipinski definition) is 1. The Bertz CT molecular complexity index is 1050. The molecule has 0 atom stereocenters. The van der Waals surface area contributed by atoms with Gasteiger partial charge in [0.2, 0.25) is 5.91 Å². The number of allylic oxidation sites excluding steroid dienone is 1. The second-order valence-electron chi connectivity index (χ2n) is 7.40. The number of benzene rings is 2. The smallest absolute Gasteiger partial charge is 0.244 e. The number of furan rings is 1. The number of carbonyl (C=O) groups is 1. The van der Waals surface area contributed by atoms with Crippen LogP contribution in [-0.4, -0.2) is 19.1 Å². The molecular formula is C24H26BrNO3. The molecule has 29 heavy (non-hydrogen) atoms. The van der Waals surface area contributed by atoms with Crippen molar-refractivity contribution in [3.8, 4) is 16.9 Å². The van der Waals surface area contributed by atoms with Gasteiger partial charge in [-0.25, -0.2) is 0 Å². The minimum Gasteiger partial charge on any atom is -0.493 e. The summed E-state index contributed by atoms with van der Waals surface area (Å²) in [5, 5.41) is 3.91. The Labute approximate surface area is 180 Å². The van der Waals surface area contributed by atoms with Gasteiger partial charge in [-0.15, -0.1) is 0 Å². The van der Waals surface area contributed by atoms with Crippen LogP contribution in [0.5, 0.6) is 5.75 Å². The van der Waals surface area contributed by atoms with Gasteiger partial charge >= 0.3 is 0 Å². The summed E-state index contributed by atoms with van der Waals surface area (Å²) < 4.78 is 12.7. The molecule has 0 aliphatic rings. The van der Waals surface area contributed by atoms with Gasteiger partial charge in [0.25, 0.3) is 0 Å². The third-order valence-corrected chi connectivity index (χ3v) is 5.06. The van der Waals surface area contributed by atoms with E-state index in [0.29, 0.717) is 24.8 Å². The average Bonchev–Trinajstić information content (AvgIpc) is 3.09. The van der Waals surface area contributed by atoms with Crippen LogP contribution in [0.2, 0.25) is 0 Å². The lowest BCUT2D eigenvalue weighted by Gasteiger charge is -2.12. The Hall–Kier alpha value is -2.53. The van der Waals surface area contributed by atoms with E-state index in [9.17, 15) is 4.79 Å². The van der Waals surface area contributed by atoms with Gasteiger partial charge in [-0.3, -0.25) is 4.79 Å². The maximum Gasteiger partial charge on any atom is 0.244 e. The van der Waals surface area contributed by atoms with E-state index >= 15 is 0 Å². The summed E-state index contributed by atoms with van der Waals surface area (Å²) in [5.41, 5.74) is 4.55. The normalized spacial score (nSPS) is 11.9. The second-order valence-corrected chi connectivity index (χ2v) is 8.32. The number of ether oxygens (including phenoxy) is 1. The van der Waals surface area contributed by atoms with Crippen LogP contribution in [-0.2, 0) is 4.79 Å². The number of hydrogen-bond acceptors (Lipinski definition) is 3. The molecule has 0 saturated heterocycles. The van der Waals surface area contributed by atoms with Crippen LogP contribution in [0.3, 0.4) is 0 Å². The van der Waals surface area contributed by atoms with Crippen molar-refractivity contribution in [1.82, 2.24) is 5.32 Å². The highest BCUT2D eigenvalue weighted by Gasteiger charge is 2.15. The molecule has 1 aromatic heterocycles. The zero-order valence-electron chi connectivity index (χ0n) is 17.2. The zero-order valence-corrected chi connectivity index (χ0v) is 18.8. The van der Waals surface area contributed by atoms with Gasteiger partial charge < -0.3 is 14.5 Å². The third kappa shape index (κ3) is 5.10. The predicted octanol–water partition coefficient (Wildman–Crippen LogP) is 6.44. The van der Waals surface area contributed by atoms with Crippen LogP contribution >= 0.6 is 15.9 Å². The highest BCUT2D eigenvalue weighted by Crippen LogP contribution is 2.38. The fourth-order valence-electron chi connectivity index (χ4n) is 3.15. The molecule has 1 heterocycles. The van der Waals surface area contributed by atoms with Crippen LogP contribution in [0, 0.1) is 5.92 Å². The minimum absolute atomic E-state index is 0.0989. The van der Waals surface area contributed by atoms with Crippen LogP contribution in [0.1, 0.15) is 33.3 Å². The lowest BCUT2D eigenvalue weighted by atomic mass is 9.99. The third-order valence-electron chi connectivity index (χ3n) is 4.57. The molecular weight excluding hydrogens is 430 g/mol. The van der Waals surface area contributed by atoms with E-state index < -0.39 is 0 Å². The van der Waals surface area contributed by atoms with Crippen molar-refractivity contribution in [2.75, 3.05) is 13.2 Å². The van der Waals surface area contributed by atoms with E-state index in [4.69, 9.17) is 9.15 Å². The van der Waals surface area contributed by atoms with E-state index in [1.807, 2.05) is 44.2 Å². The highest BCUT2D eigenvalue weighted by molar-refractivity contribution is 9.10. The number of fused-ring (bicyclic) bond motifs is 1.